The summed E-state index contributed by atoms with van der Waals surface area (Å²) in [7, 11) is 0. The van der Waals surface area contributed by atoms with Gasteiger partial charge in [0.25, 0.3) is 0 Å². The number of aryl methyl sites for hydroxylation is 1. The molecule has 3 aromatic rings. The van der Waals surface area contributed by atoms with Crippen LogP contribution in [0.5, 0.6) is 0 Å². The number of unbranched alkanes of at least 4 members (excludes halogenated alkanes) is 2. The summed E-state index contributed by atoms with van der Waals surface area (Å²) in [5, 5.41) is 12.2. The van der Waals surface area contributed by atoms with Crippen molar-refractivity contribution < 1.29 is 14.6 Å². The van der Waals surface area contributed by atoms with Gasteiger partial charge in [-0.3, -0.25) is 0 Å². The lowest BCUT2D eigenvalue weighted by molar-refractivity contribution is -0.139. The molecule has 2 unspecified atom stereocenters. The molecular weight excluding hydrogens is 480 g/mol. The standard InChI is InChI=1S/C36H44O3/c1-4-5-6-7-27-8-9-35-25-34(19-18-33(35)24-27)31-16-14-29(15-17-31)28-10-12-30(13-11-28)32(20-22-37)21-23-39-36(38)26(2)3/h8-10,14-19,24-25,30,32,37H,2,4-7,11-13,20-23H2,1,3H3. The Morgan fingerprint density at radius 3 is 2.38 bits per heavy atom. The Bertz CT molecular complexity index is 1280. The van der Waals surface area contributed by atoms with Crippen molar-refractivity contribution in [3.8, 4) is 11.1 Å². The van der Waals surface area contributed by atoms with E-state index >= 15 is 0 Å². The minimum atomic E-state index is -0.331. The third kappa shape index (κ3) is 7.92. The zero-order valence-corrected chi connectivity index (χ0v) is 23.8. The summed E-state index contributed by atoms with van der Waals surface area (Å²) in [6, 6.07) is 22.7. The number of rotatable bonds is 13. The molecule has 39 heavy (non-hydrogen) atoms. The largest absolute Gasteiger partial charge is 0.462 e. The third-order valence-electron chi connectivity index (χ3n) is 8.25. The van der Waals surface area contributed by atoms with E-state index < -0.39 is 0 Å². The molecule has 0 radical (unpaired) electrons. The van der Waals surface area contributed by atoms with Crippen molar-refractivity contribution in [3.63, 3.8) is 0 Å². The van der Waals surface area contributed by atoms with Crippen LogP contribution < -0.4 is 0 Å². The summed E-state index contributed by atoms with van der Waals surface area (Å²) in [6.07, 6.45) is 12.0. The number of carbonyl (C=O) groups is 1. The molecule has 1 aliphatic carbocycles. The third-order valence-corrected chi connectivity index (χ3v) is 8.25. The second kappa shape index (κ2) is 14.3. The molecule has 3 aromatic carbocycles. The van der Waals surface area contributed by atoms with Crippen LogP contribution in [0.1, 0.15) is 76.3 Å². The highest BCUT2D eigenvalue weighted by Crippen LogP contribution is 2.37. The molecule has 0 spiro atoms. The Labute approximate surface area is 234 Å². The number of carbonyl (C=O) groups excluding carboxylic acids is 1. The highest BCUT2D eigenvalue weighted by atomic mass is 16.5. The quantitative estimate of drug-likeness (QED) is 0.138. The van der Waals surface area contributed by atoms with Gasteiger partial charge in [0, 0.05) is 12.2 Å². The number of esters is 1. The first-order chi connectivity index (χ1) is 19.0. The van der Waals surface area contributed by atoms with E-state index in [9.17, 15) is 9.90 Å². The first-order valence-electron chi connectivity index (χ1n) is 14.7. The normalized spacial score (nSPS) is 16.1. The maximum Gasteiger partial charge on any atom is 0.333 e. The van der Waals surface area contributed by atoms with Gasteiger partial charge in [0.2, 0.25) is 0 Å². The van der Waals surface area contributed by atoms with Gasteiger partial charge in [-0.1, -0.05) is 87.0 Å². The Kier molecular flexibility index (Phi) is 10.6. The van der Waals surface area contributed by atoms with E-state index in [1.807, 2.05) is 0 Å². The number of fused-ring (bicyclic) bond motifs is 1. The molecule has 3 nitrogen and oxygen atoms in total. The smallest absolute Gasteiger partial charge is 0.333 e. The lowest BCUT2D eigenvalue weighted by Crippen LogP contribution is -2.21. The summed E-state index contributed by atoms with van der Waals surface area (Å²) < 4.78 is 5.32. The molecule has 0 saturated heterocycles. The van der Waals surface area contributed by atoms with Crippen LogP contribution in [0.25, 0.3) is 27.5 Å². The van der Waals surface area contributed by atoms with Crippen molar-refractivity contribution in [2.75, 3.05) is 13.2 Å². The predicted octanol–water partition coefficient (Wildman–Crippen LogP) is 8.93. The molecule has 1 aliphatic rings. The maximum atomic E-state index is 11.7. The average molecular weight is 525 g/mol. The zero-order valence-electron chi connectivity index (χ0n) is 23.8. The van der Waals surface area contributed by atoms with Crippen LogP contribution in [-0.2, 0) is 16.0 Å². The summed E-state index contributed by atoms with van der Waals surface area (Å²) in [6.45, 7) is 8.12. The van der Waals surface area contributed by atoms with E-state index in [-0.39, 0.29) is 12.6 Å². The van der Waals surface area contributed by atoms with Crippen LogP contribution >= 0.6 is 0 Å². The monoisotopic (exact) mass is 524 g/mol. The first kappa shape index (κ1) is 28.8. The van der Waals surface area contributed by atoms with Crippen LogP contribution in [0.15, 0.2) is 78.9 Å². The molecule has 0 fully saturated rings. The lowest BCUT2D eigenvalue weighted by atomic mass is 9.77. The van der Waals surface area contributed by atoms with Gasteiger partial charge in [0.05, 0.1) is 6.61 Å². The van der Waals surface area contributed by atoms with E-state index in [1.54, 1.807) is 6.92 Å². The fourth-order valence-electron chi connectivity index (χ4n) is 5.84. The van der Waals surface area contributed by atoms with Crippen LogP contribution in [0.4, 0.5) is 0 Å². The summed E-state index contributed by atoms with van der Waals surface area (Å²) >= 11 is 0. The van der Waals surface area contributed by atoms with E-state index in [1.165, 1.54) is 57.9 Å². The molecule has 0 saturated carbocycles. The Morgan fingerprint density at radius 2 is 1.69 bits per heavy atom. The van der Waals surface area contributed by atoms with E-state index in [0.717, 1.165) is 38.5 Å². The molecule has 0 aromatic heterocycles. The van der Waals surface area contributed by atoms with Crippen molar-refractivity contribution in [1.82, 2.24) is 0 Å². The fourth-order valence-corrected chi connectivity index (χ4v) is 5.84. The van der Waals surface area contributed by atoms with Gasteiger partial charge >= 0.3 is 5.97 Å². The molecule has 2 atom stereocenters. The van der Waals surface area contributed by atoms with Crippen LogP contribution in [0.2, 0.25) is 0 Å². The summed E-state index contributed by atoms with van der Waals surface area (Å²) in [4.78, 5) is 11.7. The lowest BCUT2D eigenvalue weighted by Gasteiger charge is -2.30. The molecule has 0 amide bonds. The zero-order chi connectivity index (χ0) is 27.6. The van der Waals surface area contributed by atoms with Crippen molar-refractivity contribution in [2.24, 2.45) is 11.8 Å². The van der Waals surface area contributed by atoms with Crippen molar-refractivity contribution in [1.29, 1.82) is 0 Å². The minimum Gasteiger partial charge on any atom is -0.462 e. The van der Waals surface area contributed by atoms with E-state index in [4.69, 9.17) is 4.74 Å². The van der Waals surface area contributed by atoms with Gasteiger partial charge in [0.1, 0.15) is 0 Å². The van der Waals surface area contributed by atoms with Crippen LogP contribution in [-0.4, -0.2) is 24.3 Å². The minimum absolute atomic E-state index is 0.169. The molecule has 1 N–H and O–H groups in total. The van der Waals surface area contributed by atoms with Gasteiger partial charge in [-0.15, -0.1) is 0 Å². The van der Waals surface area contributed by atoms with Gasteiger partial charge in [-0.2, -0.15) is 0 Å². The Hall–Kier alpha value is -3.17. The number of ether oxygens (including phenoxy) is 1. The van der Waals surface area contributed by atoms with Gasteiger partial charge < -0.3 is 9.84 Å². The van der Waals surface area contributed by atoms with Crippen LogP contribution in [0.3, 0.4) is 0 Å². The SMILES string of the molecule is C=C(C)C(=O)OCCC(CCO)C1CC=C(c2ccc(-c3ccc4cc(CCCCC)ccc4c3)cc2)CC1. The van der Waals surface area contributed by atoms with Gasteiger partial charge in [0.15, 0.2) is 0 Å². The number of benzene rings is 3. The highest BCUT2D eigenvalue weighted by Gasteiger charge is 2.24. The maximum absolute atomic E-state index is 11.7. The number of aliphatic hydroxyl groups is 1. The van der Waals surface area contributed by atoms with Crippen molar-refractivity contribution >= 4 is 22.3 Å². The van der Waals surface area contributed by atoms with Crippen LogP contribution in [0, 0.1) is 11.8 Å². The van der Waals surface area contributed by atoms with Crippen molar-refractivity contribution in [2.45, 2.75) is 71.6 Å². The molecule has 0 aliphatic heterocycles. The summed E-state index contributed by atoms with van der Waals surface area (Å²) in [5.41, 5.74) is 7.06. The molecule has 0 heterocycles. The van der Waals surface area contributed by atoms with E-state index in [0.29, 0.717) is 24.0 Å². The summed E-state index contributed by atoms with van der Waals surface area (Å²) in [5.74, 6) is 0.532. The number of aliphatic hydroxyl groups excluding tert-OH is 1. The Balaban J connectivity index is 1.37. The molecular formula is C36H44O3. The molecule has 3 heteroatoms. The fraction of sp³-hybridized carbons (Fsp3) is 0.417. The Morgan fingerprint density at radius 1 is 0.974 bits per heavy atom. The molecule has 0 bridgehead atoms. The second-order valence-corrected chi connectivity index (χ2v) is 11.2. The molecule has 206 valence electrons. The average Bonchev–Trinajstić information content (AvgIpc) is 2.96. The topological polar surface area (TPSA) is 46.5 Å². The molecule has 4 rings (SSSR count). The highest BCUT2D eigenvalue weighted by molar-refractivity contribution is 5.88. The number of hydrogen-bond acceptors (Lipinski definition) is 3. The van der Waals surface area contributed by atoms with E-state index in [2.05, 4.69) is 80.2 Å². The number of allylic oxidation sites excluding steroid dienone is 2. The van der Waals surface area contributed by atoms with Gasteiger partial charge in [-0.05, 0) is 108 Å². The van der Waals surface area contributed by atoms with Crippen molar-refractivity contribution in [3.05, 3.63) is 90.0 Å². The predicted molar refractivity (Wildman–Crippen MR) is 164 cm³/mol. The first-order valence-corrected chi connectivity index (χ1v) is 14.7. The number of hydrogen-bond donors (Lipinski definition) is 1. The second-order valence-electron chi connectivity index (χ2n) is 11.2. The van der Waals surface area contributed by atoms with Gasteiger partial charge in [-0.25, -0.2) is 4.79 Å².